The molecular formula is C13H14ClNO4. The van der Waals surface area contributed by atoms with E-state index < -0.39 is 16.5 Å². The lowest BCUT2D eigenvalue weighted by Crippen LogP contribution is -2.22. The number of halogens is 1. The third-order valence-corrected chi connectivity index (χ3v) is 2.31. The van der Waals surface area contributed by atoms with E-state index in [1.165, 1.54) is 24.3 Å². The number of carbonyl (C=O) groups excluding carboxylic acids is 1. The highest BCUT2D eigenvalue weighted by molar-refractivity contribution is 6.32. The second kappa shape index (κ2) is 5.84. The van der Waals surface area contributed by atoms with Crippen LogP contribution in [0.5, 0.6) is 0 Å². The number of nitro benzene ring substituents is 1. The van der Waals surface area contributed by atoms with Gasteiger partial charge in [-0.2, -0.15) is 0 Å². The molecule has 1 aromatic carbocycles. The first-order chi connectivity index (χ1) is 8.69. The fraction of sp³-hybridized carbons (Fsp3) is 0.308. The summed E-state index contributed by atoms with van der Waals surface area (Å²) in [5.41, 5.74) is -0.275. The molecule has 0 aromatic heterocycles. The topological polar surface area (TPSA) is 69.4 Å². The lowest BCUT2D eigenvalue weighted by molar-refractivity contribution is -0.384. The molecule has 0 saturated carbocycles. The lowest BCUT2D eigenvalue weighted by Gasteiger charge is -2.17. The first kappa shape index (κ1) is 15.2. The maximum Gasteiger partial charge on any atom is 0.331 e. The molecule has 0 fully saturated rings. The van der Waals surface area contributed by atoms with Crippen molar-refractivity contribution in [2.75, 3.05) is 0 Å². The summed E-state index contributed by atoms with van der Waals surface area (Å²) >= 11 is 5.68. The predicted octanol–water partition coefficient (Wildman–Crippen LogP) is 3.60. The van der Waals surface area contributed by atoms with Crippen molar-refractivity contribution >= 4 is 29.3 Å². The highest BCUT2D eigenvalue weighted by atomic mass is 35.5. The summed E-state index contributed by atoms with van der Waals surface area (Å²) in [7, 11) is 0. The molecule has 1 aromatic rings. The second-order valence-corrected chi connectivity index (χ2v) is 5.24. The van der Waals surface area contributed by atoms with Gasteiger partial charge < -0.3 is 4.74 Å². The summed E-state index contributed by atoms with van der Waals surface area (Å²) in [6.07, 6.45) is 2.66. The SMILES string of the molecule is CC(C)(C)OC(=O)/C=C/c1ccc(Cl)c([N+](=O)[O-])c1. The zero-order chi connectivity index (χ0) is 14.6. The van der Waals surface area contributed by atoms with Crippen LogP contribution < -0.4 is 0 Å². The Bertz CT molecular complexity index is 532. The summed E-state index contributed by atoms with van der Waals surface area (Å²) < 4.78 is 5.08. The molecule has 1 rings (SSSR count). The first-order valence-electron chi connectivity index (χ1n) is 5.54. The number of ether oxygens (including phenoxy) is 1. The number of hydrogen-bond donors (Lipinski definition) is 0. The highest BCUT2D eigenvalue weighted by Gasteiger charge is 2.14. The van der Waals surface area contributed by atoms with Crippen molar-refractivity contribution in [1.29, 1.82) is 0 Å². The molecule has 102 valence electrons. The maximum absolute atomic E-state index is 11.4. The summed E-state index contributed by atoms with van der Waals surface area (Å²) in [5, 5.41) is 10.8. The van der Waals surface area contributed by atoms with E-state index in [2.05, 4.69) is 0 Å². The van der Waals surface area contributed by atoms with Crippen LogP contribution in [0.2, 0.25) is 5.02 Å². The third kappa shape index (κ3) is 5.09. The summed E-state index contributed by atoms with van der Waals surface area (Å²) in [5.74, 6) is -0.509. The Balaban J connectivity index is 2.86. The van der Waals surface area contributed by atoms with Gasteiger partial charge in [0.05, 0.1) is 4.92 Å². The van der Waals surface area contributed by atoms with E-state index in [9.17, 15) is 14.9 Å². The van der Waals surface area contributed by atoms with Crippen LogP contribution in [0.4, 0.5) is 5.69 Å². The van der Waals surface area contributed by atoms with Gasteiger partial charge in [0.1, 0.15) is 10.6 Å². The van der Waals surface area contributed by atoms with Crippen LogP contribution in [0.15, 0.2) is 24.3 Å². The molecule has 19 heavy (non-hydrogen) atoms. The van der Waals surface area contributed by atoms with Crippen molar-refractivity contribution in [3.05, 3.63) is 45.0 Å². The van der Waals surface area contributed by atoms with Crippen LogP contribution in [0.25, 0.3) is 6.08 Å². The van der Waals surface area contributed by atoms with Gasteiger partial charge in [-0.1, -0.05) is 17.7 Å². The predicted molar refractivity (Wildman–Crippen MR) is 73.0 cm³/mol. The van der Waals surface area contributed by atoms with Crippen LogP contribution in [0.3, 0.4) is 0 Å². The Morgan fingerprint density at radius 2 is 2.05 bits per heavy atom. The Kier molecular flexibility index (Phi) is 4.67. The number of nitro groups is 1. The Morgan fingerprint density at radius 1 is 1.42 bits per heavy atom. The van der Waals surface area contributed by atoms with E-state index in [4.69, 9.17) is 16.3 Å². The minimum absolute atomic E-state index is 0.0550. The second-order valence-electron chi connectivity index (χ2n) is 4.83. The van der Waals surface area contributed by atoms with Crippen LogP contribution in [-0.2, 0) is 9.53 Å². The van der Waals surface area contributed by atoms with Crippen LogP contribution in [0.1, 0.15) is 26.3 Å². The molecule has 0 amide bonds. The third-order valence-electron chi connectivity index (χ3n) is 1.99. The van der Waals surface area contributed by atoms with E-state index in [0.29, 0.717) is 5.56 Å². The molecule has 0 bridgehead atoms. The van der Waals surface area contributed by atoms with Crippen molar-refractivity contribution in [1.82, 2.24) is 0 Å². The standard InChI is InChI=1S/C13H14ClNO4/c1-13(2,3)19-12(16)7-5-9-4-6-10(14)11(8-9)15(17)18/h4-8H,1-3H3/b7-5+. The van der Waals surface area contributed by atoms with Crippen molar-refractivity contribution < 1.29 is 14.5 Å². The van der Waals surface area contributed by atoms with Gasteiger partial charge in [0, 0.05) is 12.1 Å². The normalized spacial score (nSPS) is 11.6. The van der Waals surface area contributed by atoms with Crippen LogP contribution in [0, 0.1) is 10.1 Å². The molecule has 0 atom stereocenters. The maximum atomic E-state index is 11.4. The van der Waals surface area contributed by atoms with E-state index in [-0.39, 0.29) is 10.7 Å². The number of hydrogen-bond acceptors (Lipinski definition) is 4. The van der Waals surface area contributed by atoms with Crippen molar-refractivity contribution in [3.8, 4) is 0 Å². The molecule has 0 aliphatic heterocycles. The van der Waals surface area contributed by atoms with Gasteiger partial charge in [0.15, 0.2) is 0 Å². The zero-order valence-corrected chi connectivity index (χ0v) is 11.6. The molecule has 0 radical (unpaired) electrons. The smallest absolute Gasteiger partial charge is 0.331 e. The largest absolute Gasteiger partial charge is 0.457 e. The molecule has 0 heterocycles. The minimum Gasteiger partial charge on any atom is -0.457 e. The van der Waals surface area contributed by atoms with Gasteiger partial charge in [0.2, 0.25) is 0 Å². The van der Waals surface area contributed by atoms with Gasteiger partial charge in [-0.15, -0.1) is 0 Å². The van der Waals surface area contributed by atoms with Gasteiger partial charge in [-0.05, 0) is 38.5 Å². The number of esters is 1. The number of benzene rings is 1. The summed E-state index contributed by atoms with van der Waals surface area (Å²) in [6.45, 7) is 5.27. The van der Waals surface area contributed by atoms with Gasteiger partial charge >= 0.3 is 5.97 Å². The van der Waals surface area contributed by atoms with Crippen molar-refractivity contribution in [2.24, 2.45) is 0 Å². The fourth-order valence-electron chi connectivity index (χ4n) is 1.27. The molecule has 0 aliphatic carbocycles. The summed E-state index contributed by atoms with van der Waals surface area (Å²) in [6, 6.07) is 4.29. The average molecular weight is 284 g/mol. The Hall–Kier alpha value is -1.88. The van der Waals surface area contributed by atoms with Gasteiger partial charge in [-0.3, -0.25) is 10.1 Å². The summed E-state index contributed by atoms with van der Waals surface area (Å²) in [4.78, 5) is 21.6. The Labute approximate surface area is 116 Å². The highest BCUT2D eigenvalue weighted by Crippen LogP contribution is 2.25. The molecule has 6 heteroatoms. The molecule has 0 N–H and O–H groups in total. The molecule has 5 nitrogen and oxygen atoms in total. The zero-order valence-electron chi connectivity index (χ0n) is 10.8. The first-order valence-corrected chi connectivity index (χ1v) is 5.92. The van der Waals surface area contributed by atoms with Gasteiger partial charge in [-0.25, -0.2) is 4.79 Å². The molecule has 0 aliphatic rings. The quantitative estimate of drug-likeness (QED) is 0.368. The number of rotatable bonds is 3. The average Bonchev–Trinajstić information content (AvgIpc) is 2.25. The van der Waals surface area contributed by atoms with Gasteiger partial charge in [0.25, 0.3) is 5.69 Å². The van der Waals surface area contributed by atoms with E-state index in [0.717, 1.165) is 0 Å². The number of nitrogens with zero attached hydrogens (tertiary/aromatic N) is 1. The number of carbonyl (C=O) groups is 1. The van der Waals surface area contributed by atoms with E-state index >= 15 is 0 Å². The van der Waals surface area contributed by atoms with Crippen LogP contribution in [-0.4, -0.2) is 16.5 Å². The molecule has 0 spiro atoms. The van der Waals surface area contributed by atoms with E-state index in [1.54, 1.807) is 26.8 Å². The van der Waals surface area contributed by atoms with Crippen molar-refractivity contribution in [3.63, 3.8) is 0 Å². The van der Waals surface area contributed by atoms with Crippen LogP contribution >= 0.6 is 11.6 Å². The Morgan fingerprint density at radius 3 is 2.58 bits per heavy atom. The lowest BCUT2D eigenvalue weighted by atomic mass is 10.2. The minimum atomic E-state index is -0.576. The fourth-order valence-corrected chi connectivity index (χ4v) is 1.46. The molecular weight excluding hydrogens is 270 g/mol. The monoisotopic (exact) mass is 283 g/mol. The molecule has 0 saturated heterocycles. The molecule has 0 unspecified atom stereocenters. The van der Waals surface area contributed by atoms with Crippen molar-refractivity contribution in [2.45, 2.75) is 26.4 Å². The van der Waals surface area contributed by atoms with E-state index in [1.807, 2.05) is 0 Å².